The molecule has 1 aliphatic carbocycles. The minimum atomic E-state index is -0.538. The number of carbonyl (C=O) groups is 1. The van der Waals surface area contributed by atoms with Crippen molar-refractivity contribution in [3.63, 3.8) is 0 Å². The molecule has 1 unspecified atom stereocenters. The Labute approximate surface area is 190 Å². The summed E-state index contributed by atoms with van der Waals surface area (Å²) < 4.78 is 12.8. The highest BCUT2D eigenvalue weighted by atomic mass is 16.5. The first-order valence-corrected chi connectivity index (χ1v) is 11.2. The first-order chi connectivity index (χ1) is 16.0. The molecule has 1 aliphatic heterocycles. The molecule has 1 N–H and O–H groups in total. The van der Waals surface area contributed by atoms with Crippen LogP contribution < -0.4 is 16.0 Å². The molecule has 2 aromatic heterocycles. The lowest BCUT2D eigenvalue weighted by molar-refractivity contribution is 0.0505. The number of benzene rings is 1. The molecule has 33 heavy (non-hydrogen) atoms. The molecule has 0 radical (unpaired) electrons. The second kappa shape index (κ2) is 8.82. The van der Waals surface area contributed by atoms with Crippen LogP contribution in [0, 0.1) is 0 Å². The van der Waals surface area contributed by atoms with Crippen LogP contribution in [0.5, 0.6) is 5.75 Å². The van der Waals surface area contributed by atoms with Gasteiger partial charge in [-0.2, -0.15) is 0 Å². The number of rotatable bonds is 7. The maximum atomic E-state index is 13.6. The van der Waals surface area contributed by atoms with Crippen molar-refractivity contribution in [2.24, 2.45) is 0 Å². The first-order valence-electron chi connectivity index (χ1n) is 11.2. The van der Waals surface area contributed by atoms with Crippen LogP contribution in [-0.4, -0.2) is 51.7 Å². The van der Waals surface area contributed by atoms with Gasteiger partial charge in [0.15, 0.2) is 0 Å². The lowest BCUT2D eigenvalue weighted by Crippen LogP contribution is -2.37. The summed E-state index contributed by atoms with van der Waals surface area (Å²) in [5.74, 6) is 0.443. The molecule has 5 rings (SSSR count). The Balaban J connectivity index is 1.51. The molecule has 2 fully saturated rings. The van der Waals surface area contributed by atoms with Crippen molar-refractivity contribution in [1.82, 2.24) is 19.4 Å². The monoisotopic (exact) mass is 450 g/mol. The molecule has 3 aromatic rings. The molecular formula is C24H26N4O5. The number of carbonyl (C=O) groups excluding carboxylic acids is 1. The Bertz CT molecular complexity index is 1300. The number of aromatic amines is 1. The van der Waals surface area contributed by atoms with E-state index >= 15 is 0 Å². The molecule has 1 aromatic carbocycles. The number of nitrogens with one attached hydrogen (secondary N) is 1. The summed E-state index contributed by atoms with van der Waals surface area (Å²) in [6, 6.07) is 9.15. The largest absolute Gasteiger partial charge is 0.496 e. The van der Waals surface area contributed by atoms with E-state index in [9.17, 15) is 14.4 Å². The molecule has 9 heteroatoms. The third-order valence-corrected chi connectivity index (χ3v) is 6.23. The lowest BCUT2D eigenvalue weighted by Gasteiger charge is -2.26. The Kier molecular flexibility index (Phi) is 5.72. The van der Waals surface area contributed by atoms with Gasteiger partial charge in [0, 0.05) is 37.5 Å². The molecule has 1 atom stereocenters. The average molecular weight is 450 g/mol. The maximum Gasteiger partial charge on any atom is 0.330 e. The normalized spacial score (nSPS) is 17.9. The number of fused-ring (bicyclic) bond motifs is 1. The summed E-state index contributed by atoms with van der Waals surface area (Å²) in [4.78, 5) is 46.9. The summed E-state index contributed by atoms with van der Waals surface area (Å²) in [7, 11) is 1.60. The van der Waals surface area contributed by atoms with Crippen molar-refractivity contribution in [3.05, 3.63) is 68.5 Å². The van der Waals surface area contributed by atoms with E-state index in [1.54, 1.807) is 12.0 Å². The van der Waals surface area contributed by atoms with Crippen LogP contribution in [0.3, 0.4) is 0 Å². The maximum absolute atomic E-state index is 13.6. The zero-order valence-electron chi connectivity index (χ0n) is 18.5. The predicted octanol–water partition coefficient (Wildman–Crippen LogP) is 2.25. The Morgan fingerprint density at radius 1 is 1.27 bits per heavy atom. The molecule has 9 nitrogen and oxygen atoms in total. The molecular weight excluding hydrogens is 424 g/mol. The van der Waals surface area contributed by atoms with Gasteiger partial charge in [0.2, 0.25) is 0 Å². The highest BCUT2D eigenvalue weighted by molar-refractivity contribution is 5.96. The van der Waals surface area contributed by atoms with Crippen LogP contribution in [0.15, 0.2) is 46.1 Å². The second-order valence-corrected chi connectivity index (χ2v) is 8.59. The third-order valence-electron chi connectivity index (χ3n) is 6.23. The van der Waals surface area contributed by atoms with E-state index in [0.29, 0.717) is 36.7 Å². The van der Waals surface area contributed by atoms with Crippen LogP contribution in [0.4, 0.5) is 0 Å². The summed E-state index contributed by atoms with van der Waals surface area (Å²) in [5, 5.41) is 0.238. The van der Waals surface area contributed by atoms with Gasteiger partial charge < -0.3 is 14.4 Å². The minimum absolute atomic E-state index is 0.0412. The first kappa shape index (κ1) is 21.4. The van der Waals surface area contributed by atoms with Gasteiger partial charge in [-0.3, -0.25) is 19.1 Å². The van der Waals surface area contributed by atoms with Crippen LogP contribution in [-0.2, 0) is 11.3 Å². The number of aromatic nitrogens is 3. The molecule has 0 bridgehead atoms. The van der Waals surface area contributed by atoms with Gasteiger partial charge in [0.25, 0.3) is 11.5 Å². The summed E-state index contributed by atoms with van der Waals surface area (Å²) in [5.41, 5.74) is 0.489. The predicted molar refractivity (Wildman–Crippen MR) is 122 cm³/mol. The Morgan fingerprint density at radius 3 is 2.82 bits per heavy atom. The zero-order chi connectivity index (χ0) is 22.9. The van der Waals surface area contributed by atoms with E-state index in [4.69, 9.17) is 9.47 Å². The number of para-hydroxylation sites is 1. The molecule has 1 saturated carbocycles. The fourth-order valence-corrected chi connectivity index (χ4v) is 4.40. The van der Waals surface area contributed by atoms with E-state index in [2.05, 4.69) is 9.97 Å². The molecule has 1 amide bonds. The number of amides is 1. The van der Waals surface area contributed by atoms with Gasteiger partial charge in [-0.1, -0.05) is 18.2 Å². The van der Waals surface area contributed by atoms with Crippen molar-refractivity contribution in [2.75, 3.05) is 20.3 Å². The Hall–Kier alpha value is -3.46. The third kappa shape index (κ3) is 4.28. The SMILES string of the molecule is COc1ccccc1CN(CC1CCCO1)C(=O)c1cnc2c(c1)c(=O)[nH]c(=O)n2C1CC1. The number of hydrogen-bond donors (Lipinski definition) is 1. The van der Waals surface area contributed by atoms with Gasteiger partial charge in [-0.05, 0) is 37.8 Å². The lowest BCUT2D eigenvalue weighted by atomic mass is 10.1. The smallest absolute Gasteiger partial charge is 0.330 e. The highest BCUT2D eigenvalue weighted by Crippen LogP contribution is 2.34. The number of ether oxygens (including phenoxy) is 2. The number of pyridine rings is 1. The second-order valence-electron chi connectivity index (χ2n) is 8.59. The van der Waals surface area contributed by atoms with Crippen molar-refractivity contribution >= 4 is 16.9 Å². The van der Waals surface area contributed by atoms with E-state index in [1.807, 2.05) is 24.3 Å². The Morgan fingerprint density at radius 2 is 2.09 bits per heavy atom. The van der Waals surface area contributed by atoms with E-state index < -0.39 is 11.2 Å². The standard InChI is InChI=1S/C24H26N4O5/c1-32-20-7-3-2-5-15(20)13-27(14-18-6-4-10-33-18)23(30)16-11-19-21(25-12-16)28(17-8-9-17)24(31)26-22(19)29/h2-3,5,7,11-12,17-18H,4,6,8-10,13-14H2,1H3,(H,26,29,31). The molecule has 172 valence electrons. The molecule has 2 aliphatic rings. The van der Waals surface area contributed by atoms with Gasteiger partial charge in [0.1, 0.15) is 11.4 Å². The van der Waals surface area contributed by atoms with Gasteiger partial charge >= 0.3 is 5.69 Å². The van der Waals surface area contributed by atoms with E-state index in [0.717, 1.165) is 31.2 Å². The van der Waals surface area contributed by atoms with Gasteiger partial charge in [-0.15, -0.1) is 0 Å². The quantitative estimate of drug-likeness (QED) is 0.592. The minimum Gasteiger partial charge on any atom is -0.496 e. The summed E-state index contributed by atoms with van der Waals surface area (Å²) in [6.45, 7) is 1.44. The summed E-state index contributed by atoms with van der Waals surface area (Å²) >= 11 is 0. The highest BCUT2D eigenvalue weighted by Gasteiger charge is 2.29. The average Bonchev–Trinajstić information content (AvgIpc) is 3.52. The number of nitrogens with zero attached hydrogens (tertiary/aromatic N) is 3. The fraction of sp³-hybridized carbons (Fsp3) is 0.417. The molecule has 0 spiro atoms. The van der Waals surface area contributed by atoms with Crippen molar-refractivity contribution in [2.45, 2.75) is 44.4 Å². The van der Waals surface area contributed by atoms with Crippen molar-refractivity contribution in [3.8, 4) is 5.75 Å². The molecule has 3 heterocycles. The van der Waals surface area contributed by atoms with Crippen LogP contribution in [0.25, 0.3) is 11.0 Å². The molecule has 1 saturated heterocycles. The van der Waals surface area contributed by atoms with E-state index in [-0.39, 0.29) is 23.4 Å². The van der Waals surface area contributed by atoms with Crippen molar-refractivity contribution < 1.29 is 14.3 Å². The van der Waals surface area contributed by atoms with Gasteiger partial charge in [-0.25, -0.2) is 9.78 Å². The number of H-pyrrole nitrogens is 1. The van der Waals surface area contributed by atoms with Crippen LogP contribution in [0.2, 0.25) is 0 Å². The van der Waals surface area contributed by atoms with Gasteiger partial charge in [0.05, 0.1) is 24.2 Å². The number of methoxy groups -OCH3 is 1. The topological polar surface area (TPSA) is 107 Å². The zero-order valence-corrected chi connectivity index (χ0v) is 18.5. The fourth-order valence-electron chi connectivity index (χ4n) is 4.40. The van der Waals surface area contributed by atoms with E-state index in [1.165, 1.54) is 16.8 Å². The van der Waals surface area contributed by atoms with Crippen molar-refractivity contribution in [1.29, 1.82) is 0 Å². The van der Waals surface area contributed by atoms with Crippen LogP contribution >= 0.6 is 0 Å². The summed E-state index contributed by atoms with van der Waals surface area (Å²) in [6.07, 6.45) is 5.01. The number of hydrogen-bond acceptors (Lipinski definition) is 6. The van der Waals surface area contributed by atoms with Crippen LogP contribution in [0.1, 0.15) is 47.6 Å².